The highest BCUT2D eigenvalue weighted by atomic mass is 16.5. The summed E-state index contributed by atoms with van der Waals surface area (Å²) in [5.74, 6) is 0.863. The van der Waals surface area contributed by atoms with E-state index in [-0.39, 0.29) is 6.04 Å². The van der Waals surface area contributed by atoms with Gasteiger partial charge in [0.25, 0.3) is 0 Å². The summed E-state index contributed by atoms with van der Waals surface area (Å²) in [5, 5.41) is 8.95. The summed E-state index contributed by atoms with van der Waals surface area (Å²) in [7, 11) is 3.78. The number of likely N-dealkylation sites (N-methyl/N-ethyl adjacent to an activating group) is 1. The number of anilines is 1. The second-order valence-corrected chi connectivity index (χ2v) is 4.67. The molecular formula is C14H19N3O. The zero-order valence-electron chi connectivity index (χ0n) is 11.0. The number of hydrogen-bond donors (Lipinski definition) is 0. The van der Waals surface area contributed by atoms with E-state index < -0.39 is 0 Å². The van der Waals surface area contributed by atoms with Gasteiger partial charge in [0.05, 0.1) is 25.6 Å². The first-order valence-corrected chi connectivity index (χ1v) is 6.21. The number of hydrogen-bond acceptors (Lipinski definition) is 4. The van der Waals surface area contributed by atoms with Gasteiger partial charge in [0.2, 0.25) is 0 Å². The molecule has 0 bridgehead atoms. The van der Waals surface area contributed by atoms with Crippen molar-refractivity contribution in [1.82, 2.24) is 4.90 Å². The van der Waals surface area contributed by atoms with Gasteiger partial charge in [-0.15, -0.1) is 0 Å². The van der Waals surface area contributed by atoms with Crippen molar-refractivity contribution in [3.8, 4) is 11.8 Å². The van der Waals surface area contributed by atoms with Gasteiger partial charge in [-0.25, -0.2) is 0 Å². The summed E-state index contributed by atoms with van der Waals surface area (Å²) in [6.45, 7) is 2.92. The first kappa shape index (κ1) is 12.7. The first-order chi connectivity index (χ1) is 8.74. The molecule has 0 aromatic heterocycles. The van der Waals surface area contributed by atoms with Crippen molar-refractivity contribution < 1.29 is 4.74 Å². The molecule has 0 amide bonds. The van der Waals surface area contributed by atoms with E-state index in [2.05, 4.69) is 29.0 Å². The van der Waals surface area contributed by atoms with Crippen molar-refractivity contribution >= 4 is 5.69 Å². The number of nitrogens with zero attached hydrogens (tertiary/aromatic N) is 3. The largest absolute Gasteiger partial charge is 0.497 e. The molecule has 1 aliphatic heterocycles. The van der Waals surface area contributed by atoms with Crippen LogP contribution in [0.5, 0.6) is 5.75 Å². The highest BCUT2D eigenvalue weighted by Gasteiger charge is 2.25. The lowest BCUT2D eigenvalue weighted by Gasteiger charge is -2.40. The predicted molar refractivity (Wildman–Crippen MR) is 71.9 cm³/mol. The zero-order valence-corrected chi connectivity index (χ0v) is 11.0. The molecule has 4 nitrogen and oxygen atoms in total. The Hall–Kier alpha value is -1.73. The average Bonchev–Trinajstić information content (AvgIpc) is 2.39. The van der Waals surface area contributed by atoms with Crippen LogP contribution in [0.15, 0.2) is 24.3 Å². The number of piperazine rings is 1. The fraction of sp³-hybridized carbons (Fsp3) is 0.500. The van der Waals surface area contributed by atoms with Crippen molar-refractivity contribution in [2.45, 2.75) is 12.5 Å². The summed E-state index contributed by atoms with van der Waals surface area (Å²) in [6.07, 6.45) is 0.557. The molecule has 96 valence electrons. The molecule has 0 N–H and O–H groups in total. The minimum atomic E-state index is 0.265. The Kier molecular flexibility index (Phi) is 4.06. The van der Waals surface area contributed by atoms with E-state index in [0.717, 1.165) is 31.1 Å². The Bertz CT molecular complexity index is 441. The van der Waals surface area contributed by atoms with Gasteiger partial charge in [0.15, 0.2) is 0 Å². The lowest BCUT2D eigenvalue weighted by atomic mass is 10.1. The number of methoxy groups -OCH3 is 1. The van der Waals surface area contributed by atoms with E-state index >= 15 is 0 Å². The molecular weight excluding hydrogens is 226 g/mol. The van der Waals surface area contributed by atoms with E-state index in [4.69, 9.17) is 10.00 Å². The summed E-state index contributed by atoms with van der Waals surface area (Å²) >= 11 is 0. The van der Waals surface area contributed by atoms with Crippen LogP contribution in [0, 0.1) is 11.3 Å². The molecule has 0 radical (unpaired) electrons. The van der Waals surface area contributed by atoms with Crippen LogP contribution in [-0.4, -0.2) is 44.7 Å². The normalized spacial score (nSPS) is 20.5. The Morgan fingerprint density at radius 1 is 1.44 bits per heavy atom. The Morgan fingerprint density at radius 3 is 3.00 bits per heavy atom. The summed E-state index contributed by atoms with van der Waals surface area (Å²) in [6, 6.07) is 10.6. The standard InChI is InChI=1S/C14H19N3O/c1-16-8-9-17(13(11-16)6-7-15)12-4-3-5-14(10-12)18-2/h3-5,10,13H,6,8-9,11H2,1-2H3. The monoisotopic (exact) mass is 245 g/mol. The number of ether oxygens (including phenoxy) is 1. The molecule has 1 aliphatic rings. The van der Waals surface area contributed by atoms with E-state index in [9.17, 15) is 0 Å². The Morgan fingerprint density at radius 2 is 2.28 bits per heavy atom. The van der Waals surface area contributed by atoms with Crippen LogP contribution in [0.4, 0.5) is 5.69 Å². The maximum atomic E-state index is 8.95. The highest BCUT2D eigenvalue weighted by Crippen LogP contribution is 2.25. The maximum absolute atomic E-state index is 8.95. The summed E-state index contributed by atoms with van der Waals surface area (Å²) < 4.78 is 5.26. The molecule has 4 heteroatoms. The van der Waals surface area contributed by atoms with Crippen LogP contribution >= 0.6 is 0 Å². The summed E-state index contributed by atoms with van der Waals surface area (Å²) in [5.41, 5.74) is 1.14. The molecule has 1 saturated heterocycles. The van der Waals surface area contributed by atoms with Gasteiger partial charge < -0.3 is 14.5 Å². The molecule has 2 rings (SSSR count). The molecule has 0 aliphatic carbocycles. The molecule has 1 atom stereocenters. The van der Waals surface area contributed by atoms with E-state index in [1.54, 1.807) is 7.11 Å². The molecule has 1 aromatic rings. The maximum Gasteiger partial charge on any atom is 0.120 e. The van der Waals surface area contributed by atoms with Crippen LogP contribution in [0.2, 0.25) is 0 Å². The Labute approximate surface area is 108 Å². The highest BCUT2D eigenvalue weighted by molar-refractivity contribution is 5.52. The van der Waals surface area contributed by atoms with E-state index in [1.165, 1.54) is 0 Å². The third kappa shape index (κ3) is 2.74. The minimum Gasteiger partial charge on any atom is -0.497 e. The van der Waals surface area contributed by atoms with Crippen molar-refractivity contribution in [1.29, 1.82) is 5.26 Å². The van der Waals surface area contributed by atoms with Gasteiger partial charge in [0, 0.05) is 31.4 Å². The van der Waals surface area contributed by atoms with Crippen molar-refractivity contribution in [3.05, 3.63) is 24.3 Å². The first-order valence-electron chi connectivity index (χ1n) is 6.21. The number of benzene rings is 1. The van der Waals surface area contributed by atoms with Crippen molar-refractivity contribution in [2.75, 3.05) is 38.7 Å². The molecule has 1 heterocycles. The van der Waals surface area contributed by atoms with Gasteiger partial charge in [-0.1, -0.05) is 6.07 Å². The molecule has 1 aromatic carbocycles. The molecule has 18 heavy (non-hydrogen) atoms. The van der Waals surface area contributed by atoms with Gasteiger partial charge >= 0.3 is 0 Å². The average molecular weight is 245 g/mol. The number of nitriles is 1. The van der Waals surface area contributed by atoms with Gasteiger partial charge in [-0.05, 0) is 19.2 Å². The molecule has 1 fully saturated rings. The van der Waals surface area contributed by atoms with Crippen LogP contribution < -0.4 is 9.64 Å². The topological polar surface area (TPSA) is 39.5 Å². The third-order valence-electron chi connectivity index (χ3n) is 3.40. The molecule has 0 saturated carbocycles. The lowest BCUT2D eigenvalue weighted by molar-refractivity contribution is 0.268. The smallest absolute Gasteiger partial charge is 0.120 e. The summed E-state index contributed by atoms with van der Waals surface area (Å²) in [4.78, 5) is 4.59. The minimum absolute atomic E-state index is 0.265. The van der Waals surface area contributed by atoms with Gasteiger partial charge in [-0.3, -0.25) is 0 Å². The van der Waals surface area contributed by atoms with Crippen LogP contribution in [0.3, 0.4) is 0 Å². The number of rotatable bonds is 3. The second kappa shape index (κ2) is 5.74. The molecule has 0 spiro atoms. The SMILES string of the molecule is COc1cccc(N2CCN(C)CC2CC#N)c1. The lowest BCUT2D eigenvalue weighted by Crippen LogP contribution is -2.51. The van der Waals surface area contributed by atoms with Crippen LogP contribution in [-0.2, 0) is 0 Å². The van der Waals surface area contributed by atoms with Crippen LogP contribution in [0.25, 0.3) is 0 Å². The quantitative estimate of drug-likeness (QED) is 0.813. The van der Waals surface area contributed by atoms with E-state index in [0.29, 0.717) is 6.42 Å². The third-order valence-corrected chi connectivity index (χ3v) is 3.40. The van der Waals surface area contributed by atoms with Gasteiger partial charge in [-0.2, -0.15) is 5.26 Å². The fourth-order valence-electron chi connectivity index (χ4n) is 2.42. The van der Waals surface area contributed by atoms with Crippen LogP contribution in [0.1, 0.15) is 6.42 Å². The predicted octanol–water partition coefficient (Wildman–Crippen LogP) is 1.73. The van der Waals surface area contributed by atoms with Crippen molar-refractivity contribution in [2.24, 2.45) is 0 Å². The van der Waals surface area contributed by atoms with E-state index in [1.807, 2.05) is 18.2 Å². The fourth-order valence-corrected chi connectivity index (χ4v) is 2.42. The van der Waals surface area contributed by atoms with Gasteiger partial charge in [0.1, 0.15) is 5.75 Å². The molecule has 1 unspecified atom stereocenters. The second-order valence-electron chi connectivity index (χ2n) is 4.67. The Balaban J connectivity index is 2.21. The zero-order chi connectivity index (χ0) is 13.0. The van der Waals surface area contributed by atoms with Crippen molar-refractivity contribution in [3.63, 3.8) is 0 Å².